The van der Waals surface area contributed by atoms with E-state index in [4.69, 9.17) is 0 Å². The zero-order chi connectivity index (χ0) is 21.3. The summed E-state index contributed by atoms with van der Waals surface area (Å²) in [6.07, 6.45) is 3.35. The van der Waals surface area contributed by atoms with Crippen LogP contribution in [-0.2, 0) is 11.3 Å². The number of aromatic nitrogens is 1. The van der Waals surface area contributed by atoms with Crippen molar-refractivity contribution in [2.24, 2.45) is 0 Å². The molecule has 0 unspecified atom stereocenters. The number of halogens is 1. The van der Waals surface area contributed by atoms with E-state index in [-0.39, 0.29) is 22.8 Å². The first-order chi connectivity index (χ1) is 14.4. The smallest absolute Gasteiger partial charge is 0.335 e. The van der Waals surface area contributed by atoms with Crippen molar-refractivity contribution in [1.29, 1.82) is 0 Å². The van der Waals surface area contributed by atoms with E-state index in [1.54, 1.807) is 41.1 Å². The van der Waals surface area contributed by atoms with Crippen LogP contribution in [0, 0.1) is 5.82 Å². The molecule has 1 N–H and O–H groups in total. The van der Waals surface area contributed by atoms with Gasteiger partial charge in [-0.05, 0) is 65.9 Å². The second kappa shape index (κ2) is 8.00. The van der Waals surface area contributed by atoms with Crippen molar-refractivity contribution in [3.63, 3.8) is 0 Å². The lowest BCUT2D eigenvalue weighted by molar-refractivity contribution is -0.123. The molecule has 0 radical (unpaired) electrons. The maximum atomic E-state index is 13.1. The van der Waals surface area contributed by atoms with E-state index in [1.165, 1.54) is 36.4 Å². The summed E-state index contributed by atoms with van der Waals surface area (Å²) in [4.78, 5) is 37.7. The van der Waals surface area contributed by atoms with Crippen molar-refractivity contribution in [1.82, 2.24) is 9.47 Å². The Morgan fingerprint density at radius 1 is 1.07 bits per heavy atom. The highest BCUT2D eigenvalue weighted by Crippen LogP contribution is 2.33. The Labute approximate surface area is 175 Å². The third-order valence-corrected chi connectivity index (χ3v) is 5.47. The highest BCUT2D eigenvalue weighted by Gasteiger charge is 2.35. The minimum Gasteiger partial charge on any atom is -0.478 e. The number of amides is 2. The largest absolute Gasteiger partial charge is 0.478 e. The molecule has 0 aliphatic carbocycles. The number of hydrogen-bond acceptors (Lipinski definition) is 4. The van der Waals surface area contributed by atoms with Crippen LogP contribution in [-0.4, -0.2) is 31.7 Å². The molecule has 0 atom stereocenters. The van der Waals surface area contributed by atoms with Gasteiger partial charge in [0.25, 0.3) is 11.1 Å². The Morgan fingerprint density at radius 2 is 1.83 bits per heavy atom. The molecule has 2 aromatic carbocycles. The van der Waals surface area contributed by atoms with Crippen LogP contribution in [0.3, 0.4) is 0 Å². The van der Waals surface area contributed by atoms with Crippen molar-refractivity contribution in [3.05, 3.63) is 94.4 Å². The number of rotatable bonds is 5. The van der Waals surface area contributed by atoms with Crippen molar-refractivity contribution >= 4 is 35.0 Å². The predicted molar refractivity (Wildman–Crippen MR) is 111 cm³/mol. The van der Waals surface area contributed by atoms with Crippen molar-refractivity contribution in [3.8, 4) is 5.69 Å². The second-order valence-electron chi connectivity index (χ2n) is 6.55. The summed E-state index contributed by atoms with van der Waals surface area (Å²) in [6, 6.07) is 15.6. The van der Waals surface area contributed by atoms with Gasteiger partial charge in [0.15, 0.2) is 0 Å². The number of carbonyl (C=O) groups is 3. The van der Waals surface area contributed by atoms with Gasteiger partial charge in [0.2, 0.25) is 0 Å². The topological polar surface area (TPSA) is 79.6 Å². The maximum absolute atomic E-state index is 13.1. The molecule has 0 saturated carbocycles. The first kappa shape index (κ1) is 19.7. The van der Waals surface area contributed by atoms with E-state index in [1.807, 2.05) is 0 Å². The van der Waals surface area contributed by atoms with Crippen LogP contribution in [0.1, 0.15) is 21.6 Å². The van der Waals surface area contributed by atoms with E-state index >= 15 is 0 Å². The molecule has 6 nitrogen and oxygen atoms in total. The van der Waals surface area contributed by atoms with Crippen molar-refractivity contribution < 1.29 is 23.9 Å². The summed E-state index contributed by atoms with van der Waals surface area (Å²) in [5.74, 6) is -1.85. The van der Waals surface area contributed by atoms with Gasteiger partial charge in [-0.1, -0.05) is 18.2 Å². The van der Waals surface area contributed by atoms with Crippen LogP contribution >= 0.6 is 11.8 Å². The van der Waals surface area contributed by atoms with Gasteiger partial charge in [-0.3, -0.25) is 14.5 Å². The number of imide groups is 1. The normalized spacial score (nSPS) is 15.2. The van der Waals surface area contributed by atoms with Gasteiger partial charge in [0.05, 0.1) is 17.0 Å². The Kier molecular flexibility index (Phi) is 5.24. The molecule has 1 aromatic heterocycles. The molecular formula is C22H15FN2O4S. The summed E-state index contributed by atoms with van der Waals surface area (Å²) in [6.45, 7) is 0.0595. The number of thioether (sulfide) groups is 1. The lowest BCUT2D eigenvalue weighted by atomic mass is 10.2. The average Bonchev–Trinajstić information content (AvgIpc) is 3.30. The number of carbonyl (C=O) groups excluding carboxylic acids is 2. The number of carboxylic acids is 1. The quantitative estimate of drug-likeness (QED) is 0.610. The molecule has 2 amide bonds. The molecule has 0 bridgehead atoms. The minimum absolute atomic E-state index is 0.0595. The van der Waals surface area contributed by atoms with E-state index in [0.29, 0.717) is 16.9 Å². The summed E-state index contributed by atoms with van der Waals surface area (Å²) in [5, 5.41) is 8.80. The first-order valence-corrected chi connectivity index (χ1v) is 9.75. The van der Waals surface area contributed by atoms with Gasteiger partial charge in [0.1, 0.15) is 5.82 Å². The minimum atomic E-state index is -1.03. The van der Waals surface area contributed by atoms with Gasteiger partial charge < -0.3 is 9.67 Å². The van der Waals surface area contributed by atoms with Gasteiger partial charge >= 0.3 is 5.97 Å². The van der Waals surface area contributed by atoms with Gasteiger partial charge in [-0.15, -0.1) is 0 Å². The SMILES string of the molecule is O=C(O)c1cccc(-n2cccc2/C=C2\SC(=O)N(Cc3ccc(F)cc3)C2=O)c1. The molecule has 1 saturated heterocycles. The van der Waals surface area contributed by atoms with Crippen LogP contribution in [0.2, 0.25) is 0 Å². The highest BCUT2D eigenvalue weighted by molar-refractivity contribution is 8.18. The summed E-state index contributed by atoms with van der Waals surface area (Å²) in [7, 11) is 0. The lowest BCUT2D eigenvalue weighted by Crippen LogP contribution is -2.27. The molecule has 1 aliphatic rings. The zero-order valence-corrected chi connectivity index (χ0v) is 16.3. The Bertz CT molecular complexity index is 1180. The number of benzene rings is 2. The highest BCUT2D eigenvalue weighted by atomic mass is 32.2. The van der Waals surface area contributed by atoms with E-state index < -0.39 is 17.1 Å². The molecule has 150 valence electrons. The van der Waals surface area contributed by atoms with E-state index in [0.717, 1.165) is 16.7 Å². The summed E-state index contributed by atoms with van der Waals surface area (Å²) in [5.41, 5.74) is 2.04. The Balaban J connectivity index is 1.60. The molecule has 4 rings (SSSR count). The van der Waals surface area contributed by atoms with Crippen LogP contribution in [0.25, 0.3) is 11.8 Å². The van der Waals surface area contributed by atoms with Gasteiger partial charge in [-0.2, -0.15) is 0 Å². The van der Waals surface area contributed by atoms with E-state index in [9.17, 15) is 23.9 Å². The third-order valence-electron chi connectivity index (χ3n) is 4.56. The summed E-state index contributed by atoms with van der Waals surface area (Å²) < 4.78 is 14.8. The standard InChI is InChI=1S/C22H15FN2O4S/c23-16-8-6-14(7-9-16)13-25-20(26)19(30-22(25)29)12-18-5-2-10-24(18)17-4-1-3-15(11-17)21(27)28/h1-12H,13H2,(H,27,28)/b19-12-. The predicted octanol–water partition coefficient (Wildman–Crippen LogP) is 4.55. The van der Waals surface area contributed by atoms with Crippen LogP contribution in [0.15, 0.2) is 71.8 Å². The molecule has 8 heteroatoms. The van der Waals surface area contributed by atoms with Crippen molar-refractivity contribution in [2.75, 3.05) is 0 Å². The molecule has 3 aromatic rings. The fourth-order valence-electron chi connectivity index (χ4n) is 3.08. The zero-order valence-electron chi connectivity index (χ0n) is 15.5. The van der Waals surface area contributed by atoms with E-state index in [2.05, 4.69) is 0 Å². The van der Waals surface area contributed by atoms with Crippen LogP contribution in [0.5, 0.6) is 0 Å². The number of nitrogens with zero attached hydrogens (tertiary/aromatic N) is 2. The molecule has 30 heavy (non-hydrogen) atoms. The monoisotopic (exact) mass is 422 g/mol. The van der Waals surface area contributed by atoms with Crippen LogP contribution < -0.4 is 0 Å². The van der Waals surface area contributed by atoms with Crippen LogP contribution in [0.4, 0.5) is 9.18 Å². The fraction of sp³-hybridized carbons (Fsp3) is 0.0455. The van der Waals surface area contributed by atoms with Crippen molar-refractivity contribution in [2.45, 2.75) is 6.54 Å². The summed E-state index contributed by atoms with van der Waals surface area (Å²) >= 11 is 0.831. The Morgan fingerprint density at radius 3 is 2.57 bits per heavy atom. The molecule has 2 heterocycles. The number of carboxylic acid groups (broad SMARTS) is 1. The number of hydrogen-bond donors (Lipinski definition) is 1. The maximum Gasteiger partial charge on any atom is 0.335 e. The number of aromatic carboxylic acids is 1. The van der Waals surface area contributed by atoms with Gasteiger partial charge in [0, 0.05) is 17.6 Å². The molecule has 1 aliphatic heterocycles. The Hall–Kier alpha value is -3.65. The second-order valence-corrected chi connectivity index (χ2v) is 7.55. The molecular weight excluding hydrogens is 407 g/mol. The lowest BCUT2D eigenvalue weighted by Gasteiger charge is -2.12. The van der Waals surface area contributed by atoms with Gasteiger partial charge in [-0.25, -0.2) is 9.18 Å². The third kappa shape index (κ3) is 3.90. The fourth-order valence-corrected chi connectivity index (χ4v) is 3.90. The molecule has 0 spiro atoms. The first-order valence-electron chi connectivity index (χ1n) is 8.93. The average molecular weight is 422 g/mol. The molecule has 1 fully saturated rings.